The minimum Gasteiger partial charge on any atom is -0.467 e. The average molecular weight is 868 g/mol. The largest absolute Gasteiger partial charge is 0.467 e. The topological polar surface area (TPSA) is 147 Å². The second kappa shape index (κ2) is 17.8. The fourth-order valence-electron chi connectivity index (χ4n) is 8.15. The van der Waals surface area contributed by atoms with E-state index in [4.69, 9.17) is 39.8 Å². The zero-order valence-electron chi connectivity index (χ0n) is 33.7. The van der Waals surface area contributed by atoms with E-state index in [0.717, 1.165) is 25.5 Å². The number of carbonyl (C=O) groups is 1. The Balaban J connectivity index is 1.16. The number of hydrogen-bond donors (Lipinski definition) is 0. The summed E-state index contributed by atoms with van der Waals surface area (Å²) in [6.07, 6.45) is -0.849. The Morgan fingerprint density at radius 2 is 1.87 bits per heavy atom. The van der Waals surface area contributed by atoms with E-state index in [2.05, 4.69) is 25.1 Å². The number of amides is 1. The third-order valence-corrected chi connectivity index (χ3v) is 11.1. The molecule has 326 valence electrons. The lowest BCUT2D eigenvalue weighted by molar-refractivity contribution is -0.153. The van der Waals surface area contributed by atoms with Crippen molar-refractivity contribution in [2.24, 2.45) is 5.92 Å². The lowest BCUT2D eigenvalue weighted by Crippen LogP contribution is -2.43. The lowest BCUT2D eigenvalue weighted by Gasteiger charge is -2.33. The van der Waals surface area contributed by atoms with Crippen molar-refractivity contribution >= 4 is 28.6 Å². The zero-order chi connectivity index (χ0) is 42.8. The molecule has 1 unspecified atom stereocenters. The number of methoxy groups -OCH3 is 1. The number of likely N-dealkylation sites (tertiary alicyclic amines) is 1. The maximum absolute atomic E-state index is 16.9. The molecule has 3 aromatic heterocycles. The van der Waals surface area contributed by atoms with Crippen LogP contribution in [0.25, 0.3) is 22.2 Å². The van der Waals surface area contributed by atoms with Crippen LogP contribution in [-0.4, -0.2) is 118 Å². The number of fused-ring (bicyclic) bond motifs is 2. The molecule has 1 amide bonds. The van der Waals surface area contributed by atoms with Gasteiger partial charge in [-0.2, -0.15) is 28.1 Å². The van der Waals surface area contributed by atoms with E-state index in [0.29, 0.717) is 49.8 Å². The van der Waals surface area contributed by atoms with E-state index in [1.807, 2.05) is 25.7 Å². The van der Waals surface area contributed by atoms with Crippen molar-refractivity contribution in [2.75, 3.05) is 53.3 Å². The second-order valence-corrected chi connectivity index (χ2v) is 16.9. The predicted molar refractivity (Wildman–Crippen MR) is 206 cm³/mol. The first-order valence-electron chi connectivity index (χ1n) is 19.8. The van der Waals surface area contributed by atoms with Gasteiger partial charge < -0.3 is 33.1 Å². The molecule has 3 atom stereocenters. The molecular formula is C40H47ClF5N7O7. The van der Waals surface area contributed by atoms with Gasteiger partial charge in [0.15, 0.2) is 25.0 Å². The molecule has 0 bridgehead atoms. The quantitative estimate of drug-likeness (QED) is 0.0901. The van der Waals surface area contributed by atoms with Crippen LogP contribution >= 0.6 is 11.6 Å². The van der Waals surface area contributed by atoms with Gasteiger partial charge in [0.1, 0.15) is 35.3 Å². The van der Waals surface area contributed by atoms with Crippen molar-refractivity contribution in [2.45, 2.75) is 95.6 Å². The molecule has 3 aliphatic rings. The fraction of sp³-hybridized carbons (Fsp3) is 0.600. The minimum absolute atomic E-state index is 0.0571. The Labute approximate surface area is 348 Å². The maximum atomic E-state index is 16.9. The number of aryl methyl sites for hydroxylation is 1. The number of carbonyl (C=O) groups excluding carboxylic acids is 1. The molecule has 14 nitrogen and oxygen atoms in total. The van der Waals surface area contributed by atoms with E-state index in [-0.39, 0.29) is 78.6 Å². The predicted octanol–water partition coefficient (Wildman–Crippen LogP) is 7.72. The average Bonchev–Trinajstić information content (AvgIpc) is 3.88. The Kier molecular flexibility index (Phi) is 12.9. The van der Waals surface area contributed by atoms with Gasteiger partial charge in [-0.1, -0.05) is 16.8 Å². The normalized spacial score (nSPS) is 21.1. The molecule has 3 aliphatic heterocycles. The molecule has 7 rings (SSSR count). The van der Waals surface area contributed by atoms with Crippen molar-refractivity contribution in [3.8, 4) is 28.9 Å². The number of piperidine rings is 1. The van der Waals surface area contributed by atoms with Crippen LogP contribution in [0.3, 0.4) is 0 Å². The minimum atomic E-state index is -4.74. The third-order valence-electron chi connectivity index (χ3n) is 10.7. The molecule has 0 radical (unpaired) electrons. The number of hydrogen-bond acceptors (Lipinski definition) is 13. The van der Waals surface area contributed by atoms with Crippen LogP contribution in [0.1, 0.15) is 70.2 Å². The summed E-state index contributed by atoms with van der Waals surface area (Å²) >= 11 is 6.82. The smallest absolute Gasteiger partial charge is 0.422 e. The van der Waals surface area contributed by atoms with Crippen LogP contribution < -0.4 is 14.2 Å². The fourth-order valence-corrected chi connectivity index (χ4v) is 8.45. The first kappa shape index (κ1) is 43.5. The molecule has 20 heteroatoms. The van der Waals surface area contributed by atoms with Gasteiger partial charge in [0.25, 0.3) is 0 Å². The molecule has 4 aromatic rings. The third kappa shape index (κ3) is 10.3. The molecule has 0 saturated carbocycles. The molecule has 0 spiro atoms. The number of nitrogens with zero attached hydrogens (tertiary/aromatic N) is 7. The van der Waals surface area contributed by atoms with Crippen LogP contribution in [0, 0.1) is 11.7 Å². The van der Waals surface area contributed by atoms with Crippen molar-refractivity contribution in [1.29, 1.82) is 0 Å². The molecule has 0 aliphatic carbocycles. The van der Waals surface area contributed by atoms with Crippen molar-refractivity contribution < 1.29 is 55.0 Å². The van der Waals surface area contributed by atoms with Gasteiger partial charge in [0.05, 0.1) is 10.9 Å². The summed E-state index contributed by atoms with van der Waals surface area (Å²) in [5, 5.41) is 4.12. The summed E-state index contributed by atoms with van der Waals surface area (Å²) in [5.41, 5.74) is -1.30. The van der Waals surface area contributed by atoms with Gasteiger partial charge in [-0.25, -0.2) is 13.6 Å². The second-order valence-electron chi connectivity index (χ2n) is 16.5. The number of halogens is 6. The van der Waals surface area contributed by atoms with Crippen LogP contribution in [0.15, 0.2) is 22.9 Å². The molecule has 1 aromatic carbocycles. The Bertz CT molecular complexity index is 2170. The van der Waals surface area contributed by atoms with Gasteiger partial charge >= 0.3 is 18.3 Å². The standard InChI is InChI=1S/C40H47ClF5N7O7/c1-38(2,3)59-37(54)52-11-5-7-23(18-52)13-30-48-31(60-51-30)9-8-26-27(14-25(15-29(26)41)58-22-55-4)33-32(43)34-28(17-47-33)35(56-21-40(44,45)46)50-36(49-34)57-20-39-10-6-12-53(39)19-24(42)16-39/h14-15,17,23-24H,5-13,16,18-22H2,1-4H3/t23?,24-,39+/m1/s1. The van der Waals surface area contributed by atoms with E-state index in [1.54, 1.807) is 4.90 Å². The number of rotatable bonds is 14. The molecule has 0 N–H and O–H groups in total. The van der Waals surface area contributed by atoms with Crippen LogP contribution in [0.5, 0.6) is 17.6 Å². The molecule has 6 heterocycles. The van der Waals surface area contributed by atoms with Crippen molar-refractivity contribution in [3.63, 3.8) is 0 Å². The van der Waals surface area contributed by atoms with E-state index in [9.17, 15) is 22.4 Å². The van der Waals surface area contributed by atoms with Crippen LogP contribution in [0.2, 0.25) is 5.02 Å². The highest BCUT2D eigenvalue weighted by Gasteiger charge is 2.49. The summed E-state index contributed by atoms with van der Waals surface area (Å²) < 4.78 is 104. The summed E-state index contributed by atoms with van der Waals surface area (Å²) in [5.74, 6) is -0.530. The van der Waals surface area contributed by atoms with Gasteiger partial charge in [0.2, 0.25) is 11.8 Å². The highest BCUT2D eigenvalue weighted by Crippen LogP contribution is 2.42. The van der Waals surface area contributed by atoms with E-state index in [1.165, 1.54) is 19.2 Å². The number of pyridine rings is 1. The van der Waals surface area contributed by atoms with Crippen LogP contribution in [0.4, 0.5) is 26.7 Å². The van der Waals surface area contributed by atoms with Crippen LogP contribution in [-0.2, 0) is 28.7 Å². The lowest BCUT2D eigenvalue weighted by atomic mass is 9.95. The summed E-state index contributed by atoms with van der Waals surface area (Å²) in [6.45, 7) is 5.55. The summed E-state index contributed by atoms with van der Waals surface area (Å²) in [4.78, 5) is 33.6. The van der Waals surface area contributed by atoms with Gasteiger partial charge in [-0.15, -0.1) is 0 Å². The zero-order valence-corrected chi connectivity index (χ0v) is 34.5. The Morgan fingerprint density at radius 1 is 1.05 bits per heavy atom. The van der Waals surface area contributed by atoms with Crippen molar-refractivity contribution in [1.82, 2.24) is 34.9 Å². The first-order valence-corrected chi connectivity index (χ1v) is 20.2. The molecule has 3 fully saturated rings. The highest BCUT2D eigenvalue weighted by molar-refractivity contribution is 6.32. The van der Waals surface area contributed by atoms with Gasteiger partial charge in [-0.05, 0) is 83.0 Å². The monoisotopic (exact) mass is 867 g/mol. The van der Waals surface area contributed by atoms with Gasteiger partial charge in [0, 0.05) is 62.8 Å². The molecular weight excluding hydrogens is 821 g/mol. The van der Waals surface area contributed by atoms with Crippen molar-refractivity contribution in [3.05, 3.63) is 46.4 Å². The Morgan fingerprint density at radius 3 is 2.63 bits per heavy atom. The molecule has 3 saturated heterocycles. The number of ether oxygens (including phenoxy) is 5. The van der Waals surface area contributed by atoms with E-state index < -0.39 is 53.3 Å². The number of benzene rings is 1. The van der Waals surface area contributed by atoms with Gasteiger partial charge in [-0.3, -0.25) is 9.88 Å². The number of aromatic nitrogens is 5. The SMILES string of the molecule is COCOc1cc(Cl)c(CCc2nc(CC3CCCN(C(=O)OC(C)(C)C)C3)no2)c(-c2ncc3c(OCC(F)(F)F)nc(OC[C@@]45CCCN4C[C@H](F)C5)nc3c2F)c1. The highest BCUT2D eigenvalue weighted by atomic mass is 35.5. The first-order chi connectivity index (χ1) is 28.5. The van der Waals surface area contributed by atoms with E-state index >= 15 is 4.39 Å². The summed E-state index contributed by atoms with van der Waals surface area (Å²) in [7, 11) is 1.43. The number of alkyl halides is 4. The maximum Gasteiger partial charge on any atom is 0.422 e. The Hall–Kier alpha value is -4.62. The summed E-state index contributed by atoms with van der Waals surface area (Å²) in [6, 6.07) is 2.61. The molecule has 60 heavy (non-hydrogen) atoms.